The van der Waals surface area contributed by atoms with E-state index in [-0.39, 0.29) is 12.0 Å². The molecule has 14 heavy (non-hydrogen) atoms. The molecule has 0 aromatic rings. The smallest absolute Gasteiger partial charge is 0.192 e. The number of halogens is 3. The van der Waals surface area contributed by atoms with Crippen molar-refractivity contribution >= 4 is 0 Å². The predicted molar refractivity (Wildman–Crippen MR) is 41.6 cm³/mol. The second-order valence-electron chi connectivity index (χ2n) is 2.91. The third-order valence-electron chi connectivity index (χ3n) is 1.99. The molecule has 0 fully saturated rings. The zero-order valence-corrected chi connectivity index (χ0v) is 7.24. The summed E-state index contributed by atoms with van der Waals surface area (Å²) in [5, 5.41) is 17.1. The Morgan fingerprint density at radius 1 is 1.14 bits per heavy atom. The van der Waals surface area contributed by atoms with E-state index in [0.29, 0.717) is 5.57 Å². The van der Waals surface area contributed by atoms with Gasteiger partial charge in [-0.3, -0.25) is 0 Å². The van der Waals surface area contributed by atoms with Gasteiger partial charge in [0.1, 0.15) is 12.1 Å². The third-order valence-corrected chi connectivity index (χ3v) is 1.99. The summed E-state index contributed by atoms with van der Waals surface area (Å²) in [6.45, 7) is 1.43. The number of rotatable bonds is 0. The van der Waals surface area contributed by atoms with Gasteiger partial charge in [0.25, 0.3) is 0 Å². The van der Waals surface area contributed by atoms with Crippen LogP contribution in [0.5, 0.6) is 0 Å². The average Bonchev–Trinajstić information content (AvgIpc) is 2.40. The van der Waals surface area contributed by atoms with Crippen molar-refractivity contribution < 1.29 is 13.2 Å². The van der Waals surface area contributed by atoms with Crippen LogP contribution in [0.2, 0.25) is 0 Å². The van der Waals surface area contributed by atoms with Crippen molar-refractivity contribution in [3.05, 3.63) is 22.3 Å². The molecule has 0 spiro atoms. The number of nitrogens with zero attached hydrogens (tertiary/aromatic N) is 2. The molecule has 1 aliphatic rings. The van der Waals surface area contributed by atoms with E-state index < -0.39 is 17.3 Å². The zero-order chi connectivity index (χ0) is 10.9. The van der Waals surface area contributed by atoms with Crippen LogP contribution in [0, 0.1) is 22.7 Å². The van der Waals surface area contributed by atoms with Crippen LogP contribution >= 0.6 is 0 Å². The first-order chi connectivity index (χ1) is 6.41. The van der Waals surface area contributed by atoms with Gasteiger partial charge in [0, 0.05) is 6.42 Å². The lowest BCUT2D eigenvalue weighted by atomic mass is 10.1. The molecule has 0 amide bonds. The third kappa shape index (κ3) is 1.49. The minimum Gasteiger partial charge on any atom is -0.192 e. The summed E-state index contributed by atoms with van der Waals surface area (Å²) in [5.74, 6) is 0. The van der Waals surface area contributed by atoms with Gasteiger partial charge in [-0.2, -0.15) is 23.7 Å². The molecule has 5 heteroatoms. The van der Waals surface area contributed by atoms with Gasteiger partial charge in [-0.25, -0.2) is 0 Å². The zero-order valence-electron chi connectivity index (χ0n) is 7.24. The van der Waals surface area contributed by atoms with Crippen LogP contribution in [0.15, 0.2) is 22.3 Å². The molecule has 0 aromatic carbocycles. The highest BCUT2D eigenvalue weighted by Crippen LogP contribution is 2.40. The Labute approximate surface area is 78.6 Å². The first kappa shape index (κ1) is 10.3. The Kier molecular flexibility index (Phi) is 2.35. The molecule has 0 heterocycles. The van der Waals surface area contributed by atoms with Crippen LogP contribution in [-0.2, 0) is 0 Å². The van der Waals surface area contributed by atoms with E-state index in [1.807, 2.05) is 0 Å². The Bertz CT molecular complexity index is 413. The number of hydrogen-bond acceptors (Lipinski definition) is 2. The Morgan fingerprint density at radius 3 is 2.00 bits per heavy atom. The molecule has 1 rings (SSSR count). The van der Waals surface area contributed by atoms with Crippen LogP contribution in [0.1, 0.15) is 13.3 Å². The maximum absolute atomic E-state index is 12.3. The molecule has 0 aromatic heterocycles. The largest absolute Gasteiger partial charge is 0.414 e. The second-order valence-corrected chi connectivity index (χ2v) is 2.91. The first-order valence-corrected chi connectivity index (χ1v) is 3.72. The molecule has 0 bridgehead atoms. The van der Waals surface area contributed by atoms with Crippen LogP contribution in [-0.4, -0.2) is 6.18 Å². The van der Waals surface area contributed by atoms with Gasteiger partial charge in [-0.15, -0.1) is 0 Å². The molecule has 0 saturated carbocycles. The maximum Gasteiger partial charge on any atom is 0.414 e. The van der Waals surface area contributed by atoms with Crippen molar-refractivity contribution in [1.82, 2.24) is 0 Å². The fourth-order valence-electron chi connectivity index (χ4n) is 1.32. The van der Waals surface area contributed by atoms with E-state index in [9.17, 15) is 13.2 Å². The number of hydrogen-bond donors (Lipinski definition) is 0. The highest BCUT2D eigenvalue weighted by molar-refractivity contribution is 5.61. The minimum absolute atomic E-state index is 0.139. The molecule has 72 valence electrons. The molecular formula is C9H5F3N2. The molecule has 0 aliphatic heterocycles. The van der Waals surface area contributed by atoms with E-state index in [1.165, 1.54) is 13.0 Å². The van der Waals surface area contributed by atoms with Gasteiger partial charge in [0.05, 0.1) is 16.7 Å². The summed E-state index contributed by atoms with van der Waals surface area (Å²) in [4.78, 5) is 0. The van der Waals surface area contributed by atoms with Crippen LogP contribution in [0.25, 0.3) is 0 Å². The maximum atomic E-state index is 12.3. The number of nitriles is 2. The molecule has 0 radical (unpaired) electrons. The van der Waals surface area contributed by atoms with E-state index in [2.05, 4.69) is 0 Å². The Hall–Kier alpha value is -1.75. The molecule has 0 saturated heterocycles. The summed E-state index contributed by atoms with van der Waals surface area (Å²) in [6.07, 6.45) is -4.87. The molecular weight excluding hydrogens is 193 g/mol. The summed E-state index contributed by atoms with van der Waals surface area (Å²) >= 11 is 0. The van der Waals surface area contributed by atoms with Gasteiger partial charge in [-0.1, -0.05) is 0 Å². The predicted octanol–water partition coefficient (Wildman–Crippen LogP) is 2.61. The summed E-state index contributed by atoms with van der Waals surface area (Å²) in [5.41, 5.74) is -1.28. The van der Waals surface area contributed by atoms with Crippen LogP contribution in [0.4, 0.5) is 13.2 Å². The average molecular weight is 198 g/mol. The van der Waals surface area contributed by atoms with E-state index in [1.54, 1.807) is 6.07 Å². The Balaban J connectivity index is 3.29. The minimum atomic E-state index is -4.52. The van der Waals surface area contributed by atoms with Gasteiger partial charge in [-0.05, 0) is 12.5 Å². The lowest BCUT2D eigenvalue weighted by molar-refractivity contribution is -0.0931. The normalized spacial score (nSPS) is 17.0. The van der Waals surface area contributed by atoms with Crippen molar-refractivity contribution in [2.75, 3.05) is 0 Å². The van der Waals surface area contributed by atoms with Gasteiger partial charge < -0.3 is 0 Å². The van der Waals surface area contributed by atoms with Crippen LogP contribution < -0.4 is 0 Å². The van der Waals surface area contributed by atoms with Crippen molar-refractivity contribution in [2.45, 2.75) is 19.5 Å². The topological polar surface area (TPSA) is 47.6 Å². The standard InChI is InChI=1S/C9H5F3N2/c1-5-2-8(9(10,11)12)7(4-14)6(5)3-13/h2H2,1H3. The van der Waals surface area contributed by atoms with Gasteiger partial charge in [0.15, 0.2) is 0 Å². The lowest BCUT2D eigenvalue weighted by Crippen LogP contribution is -2.12. The SMILES string of the molecule is CC1=C(C#N)C(C#N)=C(C(F)(F)F)C1. The van der Waals surface area contributed by atoms with E-state index >= 15 is 0 Å². The molecule has 0 unspecified atom stereocenters. The van der Waals surface area contributed by atoms with Crippen molar-refractivity contribution in [3.63, 3.8) is 0 Å². The number of alkyl halides is 3. The van der Waals surface area contributed by atoms with Gasteiger partial charge in [0.2, 0.25) is 0 Å². The van der Waals surface area contributed by atoms with E-state index in [0.717, 1.165) is 0 Å². The number of allylic oxidation sites excluding steroid dienone is 4. The fraction of sp³-hybridized carbons (Fsp3) is 0.333. The van der Waals surface area contributed by atoms with Gasteiger partial charge >= 0.3 is 6.18 Å². The fourth-order valence-corrected chi connectivity index (χ4v) is 1.32. The molecule has 0 atom stereocenters. The van der Waals surface area contributed by atoms with Crippen molar-refractivity contribution in [1.29, 1.82) is 10.5 Å². The quantitative estimate of drug-likeness (QED) is 0.600. The second kappa shape index (κ2) is 3.19. The van der Waals surface area contributed by atoms with Crippen LogP contribution in [0.3, 0.4) is 0 Å². The first-order valence-electron chi connectivity index (χ1n) is 3.72. The molecule has 2 nitrogen and oxygen atoms in total. The monoisotopic (exact) mass is 198 g/mol. The van der Waals surface area contributed by atoms with Crippen molar-refractivity contribution in [3.8, 4) is 12.1 Å². The highest BCUT2D eigenvalue weighted by atomic mass is 19.4. The summed E-state index contributed by atoms with van der Waals surface area (Å²) in [6, 6.07) is 3.05. The molecule has 0 N–H and O–H groups in total. The molecule has 1 aliphatic carbocycles. The Morgan fingerprint density at radius 2 is 1.64 bits per heavy atom. The highest BCUT2D eigenvalue weighted by Gasteiger charge is 2.40. The summed E-state index contributed by atoms with van der Waals surface area (Å²) in [7, 11) is 0. The lowest BCUT2D eigenvalue weighted by Gasteiger charge is -2.07. The summed E-state index contributed by atoms with van der Waals surface area (Å²) < 4.78 is 37.0. The van der Waals surface area contributed by atoms with E-state index in [4.69, 9.17) is 10.5 Å². The van der Waals surface area contributed by atoms with Crippen molar-refractivity contribution in [2.24, 2.45) is 0 Å².